The van der Waals surface area contributed by atoms with Gasteiger partial charge in [0.2, 0.25) is 0 Å². The smallest absolute Gasteiger partial charge is 0.0354 e. The fraction of sp³-hybridized carbons (Fsp3) is 1.00. The van der Waals surface area contributed by atoms with Crippen LogP contribution in [0, 0.1) is 29.1 Å². The van der Waals surface area contributed by atoms with Crippen LogP contribution in [0.5, 0.6) is 0 Å². The maximum absolute atomic E-state index is 2.49. The minimum absolute atomic E-state index is 0.493. The van der Waals surface area contributed by atoms with Crippen LogP contribution in [0.25, 0.3) is 0 Å². The van der Waals surface area contributed by atoms with Gasteiger partial charge in [0.15, 0.2) is 0 Å². The zero-order valence-electron chi connectivity index (χ0n) is 14.5. The number of hydrogen-bond acceptors (Lipinski definition) is 0. The molecule has 0 radical (unpaired) electrons. The molecule has 0 N–H and O–H groups in total. The predicted octanol–water partition coefficient (Wildman–Crippen LogP) is 6.69. The zero-order valence-corrected chi connectivity index (χ0v) is 14.5. The summed E-state index contributed by atoms with van der Waals surface area (Å²) in [5.41, 5.74) is 0.493. The SMILES string of the molecule is CC1CCCC(C(C)(C)C)CC(C)CCC(C)CC1. The molecule has 0 heteroatoms. The molecular weight excluding hydrogens is 228 g/mol. The van der Waals surface area contributed by atoms with E-state index in [0.29, 0.717) is 5.41 Å². The molecule has 0 aromatic rings. The molecule has 1 rings (SSSR count). The van der Waals surface area contributed by atoms with Crippen molar-refractivity contribution in [3.63, 3.8) is 0 Å². The lowest BCUT2D eigenvalue weighted by molar-refractivity contribution is 0.170. The van der Waals surface area contributed by atoms with Gasteiger partial charge in [-0.05, 0) is 41.9 Å². The second-order valence-electron chi connectivity index (χ2n) is 8.70. The molecule has 0 nitrogen and oxygen atoms in total. The van der Waals surface area contributed by atoms with Gasteiger partial charge in [0, 0.05) is 0 Å². The Morgan fingerprint density at radius 1 is 0.632 bits per heavy atom. The van der Waals surface area contributed by atoms with E-state index in [9.17, 15) is 0 Å². The molecule has 0 aromatic heterocycles. The standard InChI is InChI=1S/C19H38/c1-15-8-7-9-18(19(4,5)6)14-17(3)13-12-16(2)11-10-15/h15-18H,7-14H2,1-6H3. The van der Waals surface area contributed by atoms with Crippen LogP contribution < -0.4 is 0 Å². The van der Waals surface area contributed by atoms with Crippen molar-refractivity contribution in [1.29, 1.82) is 0 Å². The van der Waals surface area contributed by atoms with Crippen LogP contribution in [0.15, 0.2) is 0 Å². The lowest BCUT2D eigenvalue weighted by atomic mass is 9.72. The van der Waals surface area contributed by atoms with Crippen LogP contribution >= 0.6 is 0 Å². The third-order valence-electron chi connectivity index (χ3n) is 5.47. The summed E-state index contributed by atoms with van der Waals surface area (Å²) in [6, 6.07) is 0. The van der Waals surface area contributed by atoms with Gasteiger partial charge in [0.1, 0.15) is 0 Å². The van der Waals surface area contributed by atoms with E-state index < -0.39 is 0 Å². The molecule has 1 aliphatic rings. The molecule has 4 atom stereocenters. The highest BCUT2D eigenvalue weighted by molar-refractivity contribution is 4.77. The highest BCUT2D eigenvalue weighted by atomic mass is 14.3. The van der Waals surface area contributed by atoms with Crippen LogP contribution in [0.3, 0.4) is 0 Å². The molecule has 1 aliphatic carbocycles. The Labute approximate surface area is 122 Å². The van der Waals surface area contributed by atoms with E-state index in [1.54, 1.807) is 0 Å². The second-order valence-corrected chi connectivity index (χ2v) is 8.70. The molecule has 0 amide bonds. The summed E-state index contributed by atoms with van der Waals surface area (Å²) in [5, 5.41) is 0. The topological polar surface area (TPSA) is 0 Å². The molecule has 0 saturated heterocycles. The molecular formula is C19H38. The fourth-order valence-corrected chi connectivity index (χ4v) is 3.65. The van der Waals surface area contributed by atoms with E-state index in [1.165, 1.54) is 51.4 Å². The Morgan fingerprint density at radius 2 is 1.11 bits per heavy atom. The highest BCUT2D eigenvalue weighted by Gasteiger charge is 2.26. The minimum atomic E-state index is 0.493. The summed E-state index contributed by atoms with van der Waals surface area (Å²) in [6.45, 7) is 14.8. The Bertz CT molecular complexity index is 235. The van der Waals surface area contributed by atoms with Crippen LogP contribution in [0.2, 0.25) is 0 Å². The third kappa shape index (κ3) is 6.82. The van der Waals surface area contributed by atoms with Crippen LogP contribution in [-0.4, -0.2) is 0 Å². The quantitative estimate of drug-likeness (QED) is 0.458. The van der Waals surface area contributed by atoms with Gasteiger partial charge in [0.25, 0.3) is 0 Å². The monoisotopic (exact) mass is 266 g/mol. The lowest BCUT2D eigenvalue weighted by Crippen LogP contribution is -2.23. The van der Waals surface area contributed by atoms with Gasteiger partial charge in [-0.15, -0.1) is 0 Å². The summed E-state index contributed by atoms with van der Waals surface area (Å²) < 4.78 is 0. The van der Waals surface area contributed by atoms with Crippen molar-refractivity contribution in [3.05, 3.63) is 0 Å². The maximum atomic E-state index is 2.49. The first-order chi connectivity index (χ1) is 8.79. The maximum Gasteiger partial charge on any atom is -0.0354 e. The van der Waals surface area contributed by atoms with Crippen molar-refractivity contribution in [2.45, 2.75) is 92.9 Å². The van der Waals surface area contributed by atoms with Crippen molar-refractivity contribution in [1.82, 2.24) is 0 Å². The second kappa shape index (κ2) is 7.70. The normalized spacial score (nSPS) is 36.3. The van der Waals surface area contributed by atoms with Crippen molar-refractivity contribution in [2.75, 3.05) is 0 Å². The van der Waals surface area contributed by atoms with Crippen molar-refractivity contribution < 1.29 is 0 Å². The van der Waals surface area contributed by atoms with E-state index in [1.807, 2.05) is 0 Å². The Morgan fingerprint density at radius 3 is 1.63 bits per heavy atom. The Balaban J connectivity index is 2.61. The molecule has 1 fully saturated rings. The number of rotatable bonds is 0. The van der Waals surface area contributed by atoms with Crippen LogP contribution in [0.1, 0.15) is 92.9 Å². The van der Waals surface area contributed by atoms with Crippen LogP contribution in [-0.2, 0) is 0 Å². The van der Waals surface area contributed by atoms with Gasteiger partial charge < -0.3 is 0 Å². The van der Waals surface area contributed by atoms with Gasteiger partial charge in [-0.2, -0.15) is 0 Å². The third-order valence-corrected chi connectivity index (χ3v) is 5.47. The summed E-state index contributed by atoms with van der Waals surface area (Å²) in [4.78, 5) is 0. The first-order valence-corrected chi connectivity index (χ1v) is 8.79. The van der Waals surface area contributed by atoms with Gasteiger partial charge in [-0.25, -0.2) is 0 Å². The summed E-state index contributed by atoms with van der Waals surface area (Å²) in [6.07, 6.45) is 11.6. The molecule has 114 valence electrons. The lowest BCUT2D eigenvalue weighted by Gasteiger charge is -2.34. The van der Waals surface area contributed by atoms with E-state index in [4.69, 9.17) is 0 Å². The molecule has 0 spiro atoms. The van der Waals surface area contributed by atoms with E-state index in [0.717, 1.165) is 23.7 Å². The van der Waals surface area contributed by atoms with Gasteiger partial charge in [-0.3, -0.25) is 0 Å². The molecule has 0 heterocycles. The molecule has 1 saturated carbocycles. The largest absolute Gasteiger partial charge is 0.0625 e. The first-order valence-electron chi connectivity index (χ1n) is 8.79. The van der Waals surface area contributed by atoms with Crippen molar-refractivity contribution in [3.8, 4) is 0 Å². The molecule has 4 unspecified atom stereocenters. The summed E-state index contributed by atoms with van der Waals surface area (Å²) >= 11 is 0. The Hall–Kier alpha value is 0. The predicted molar refractivity (Wildman–Crippen MR) is 87.4 cm³/mol. The summed E-state index contributed by atoms with van der Waals surface area (Å²) in [5.74, 6) is 3.73. The fourth-order valence-electron chi connectivity index (χ4n) is 3.65. The van der Waals surface area contributed by atoms with Gasteiger partial charge in [-0.1, -0.05) is 80.1 Å². The summed E-state index contributed by atoms with van der Waals surface area (Å²) in [7, 11) is 0. The average Bonchev–Trinajstić information content (AvgIpc) is 2.30. The molecule has 19 heavy (non-hydrogen) atoms. The first kappa shape index (κ1) is 17.1. The number of hydrogen-bond donors (Lipinski definition) is 0. The average molecular weight is 267 g/mol. The molecule has 0 aromatic carbocycles. The van der Waals surface area contributed by atoms with E-state index in [-0.39, 0.29) is 0 Å². The van der Waals surface area contributed by atoms with Gasteiger partial charge in [0.05, 0.1) is 0 Å². The van der Waals surface area contributed by atoms with Gasteiger partial charge >= 0.3 is 0 Å². The van der Waals surface area contributed by atoms with E-state index in [2.05, 4.69) is 41.5 Å². The zero-order chi connectivity index (χ0) is 14.5. The molecule has 0 bridgehead atoms. The molecule has 0 aliphatic heterocycles. The minimum Gasteiger partial charge on any atom is -0.0625 e. The van der Waals surface area contributed by atoms with Crippen LogP contribution in [0.4, 0.5) is 0 Å². The Kier molecular flexibility index (Phi) is 6.91. The van der Waals surface area contributed by atoms with E-state index >= 15 is 0 Å². The van der Waals surface area contributed by atoms with Crippen molar-refractivity contribution in [2.24, 2.45) is 29.1 Å². The highest BCUT2D eigenvalue weighted by Crippen LogP contribution is 2.37. The van der Waals surface area contributed by atoms with Crippen molar-refractivity contribution >= 4 is 0 Å².